The molecule has 0 saturated carbocycles. The Hall–Kier alpha value is -3.56. The average molecular weight is 650 g/mol. The number of anilines is 2. The van der Waals surface area contributed by atoms with Gasteiger partial charge in [0.15, 0.2) is 4.90 Å². The zero-order chi connectivity index (χ0) is 32.0. The normalized spacial score (nSPS) is 17.3. The molecule has 1 atom stereocenters. The average Bonchev–Trinajstić information content (AvgIpc) is 2.92. The molecule has 1 aromatic heterocycles. The topological polar surface area (TPSA) is 116 Å². The third-order valence-corrected chi connectivity index (χ3v) is 8.89. The molecule has 1 aliphatic rings. The second-order valence-electron chi connectivity index (χ2n) is 10.00. The number of rotatable bonds is 8. The summed E-state index contributed by atoms with van der Waals surface area (Å²) in [5.41, 5.74) is -0.792. The molecule has 4 rings (SSSR count). The Labute approximate surface area is 250 Å². The zero-order valence-corrected chi connectivity index (χ0v) is 24.6. The Balaban J connectivity index is 0.00000162. The van der Waals surface area contributed by atoms with Crippen LogP contribution >= 0.6 is 11.6 Å². The maximum absolute atomic E-state index is 15.1. The first-order valence-electron chi connectivity index (χ1n) is 12.8. The lowest BCUT2D eigenvalue weighted by atomic mass is 9.82. The Bertz CT molecular complexity index is 1510. The number of nitrogens with one attached hydrogen (secondary N) is 1. The molecule has 1 fully saturated rings. The summed E-state index contributed by atoms with van der Waals surface area (Å²) in [7, 11) is -0.923. The molecule has 0 radical (unpaired) electrons. The van der Waals surface area contributed by atoms with Crippen molar-refractivity contribution in [2.45, 2.75) is 42.3 Å². The molecule has 2 N–H and O–H groups in total. The number of halogens is 6. The van der Waals surface area contributed by atoms with Gasteiger partial charge in [0, 0.05) is 30.5 Å². The van der Waals surface area contributed by atoms with Gasteiger partial charge in [-0.15, -0.1) is 0 Å². The van der Waals surface area contributed by atoms with Gasteiger partial charge in [0.2, 0.25) is 0 Å². The molecule has 43 heavy (non-hydrogen) atoms. The smallest absolute Gasteiger partial charge is 0.417 e. The van der Waals surface area contributed by atoms with Gasteiger partial charge in [-0.25, -0.2) is 27.2 Å². The third-order valence-electron chi connectivity index (χ3n) is 7.16. The number of sulfonamides is 1. The lowest BCUT2D eigenvalue weighted by Gasteiger charge is -2.48. The fourth-order valence-electron chi connectivity index (χ4n) is 4.97. The summed E-state index contributed by atoms with van der Waals surface area (Å²) in [6, 6.07) is 7.02. The summed E-state index contributed by atoms with van der Waals surface area (Å²) >= 11 is 5.76. The minimum atomic E-state index is -4.62. The van der Waals surface area contributed by atoms with Crippen LogP contribution in [-0.2, 0) is 27.4 Å². The number of aromatic nitrogens is 2. The predicted molar refractivity (Wildman–Crippen MR) is 151 cm³/mol. The molecule has 9 nitrogen and oxygen atoms in total. The van der Waals surface area contributed by atoms with Crippen molar-refractivity contribution in [3.8, 4) is 0 Å². The van der Waals surface area contributed by atoms with Crippen molar-refractivity contribution in [3.63, 3.8) is 0 Å². The predicted octanol–water partition coefficient (Wildman–Crippen LogP) is 5.46. The number of hydrogen-bond acceptors (Lipinski definition) is 7. The van der Waals surface area contributed by atoms with E-state index >= 15 is 8.78 Å². The van der Waals surface area contributed by atoms with Gasteiger partial charge < -0.3 is 14.9 Å². The third kappa shape index (κ3) is 8.30. The number of benzene rings is 2. The summed E-state index contributed by atoms with van der Waals surface area (Å²) in [6.45, 7) is 0.531. The van der Waals surface area contributed by atoms with Crippen molar-refractivity contribution in [1.29, 1.82) is 0 Å². The van der Waals surface area contributed by atoms with Crippen molar-refractivity contribution >= 4 is 39.6 Å². The van der Waals surface area contributed by atoms with Gasteiger partial charge in [-0.05, 0) is 75.7 Å². The van der Waals surface area contributed by atoms with E-state index in [-0.39, 0.29) is 23.0 Å². The van der Waals surface area contributed by atoms with E-state index < -0.39 is 43.8 Å². The first-order valence-corrected chi connectivity index (χ1v) is 14.6. The van der Waals surface area contributed by atoms with Crippen LogP contribution < -0.4 is 9.62 Å². The molecule has 3 aromatic rings. The molecule has 234 valence electrons. The quantitative estimate of drug-likeness (QED) is 0.244. The van der Waals surface area contributed by atoms with E-state index in [2.05, 4.69) is 9.97 Å². The van der Waals surface area contributed by atoms with Gasteiger partial charge in [-0.3, -0.25) is 9.52 Å². The second-order valence-corrected chi connectivity index (χ2v) is 12.0. The summed E-state index contributed by atoms with van der Waals surface area (Å²) in [5.74, 6) is -2.68. The van der Waals surface area contributed by atoms with Crippen molar-refractivity contribution in [3.05, 3.63) is 76.7 Å². The van der Waals surface area contributed by atoms with E-state index in [4.69, 9.17) is 21.5 Å². The highest BCUT2D eigenvalue weighted by atomic mass is 35.5. The van der Waals surface area contributed by atoms with Gasteiger partial charge in [-0.2, -0.15) is 13.2 Å². The Morgan fingerprint density at radius 3 is 2.37 bits per heavy atom. The summed E-state index contributed by atoms with van der Waals surface area (Å²) in [6.07, 6.45) is -0.0796. The van der Waals surface area contributed by atoms with E-state index in [1.807, 2.05) is 23.7 Å². The number of carboxylic acid groups (broad SMARTS) is 1. The molecule has 0 unspecified atom stereocenters. The maximum Gasteiger partial charge on any atom is 0.417 e. The van der Waals surface area contributed by atoms with Crippen molar-refractivity contribution in [2.24, 2.45) is 0 Å². The minimum absolute atomic E-state index is 0.146. The number of hydrogen-bond donors (Lipinski definition) is 2. The zero-order valence-electron chi connectivity index (χ0n) is 23.1. The van der Waals surface area contributed by atoms with Crippen LogP contribution in [0.15, 0.2) is 53.8 Å². The first kappa shape index (κ1) is 33.9. The molecule has 2 heterocycles. The van der Waals surface area contributed by atoms with Crippen LogP contribution in [0.4, 0.5) is 33.5 Å². The molecule has 16 heteroatoms. The highest BCUT2D eigenvalue weighted by Crippen LogP contribution is 2.38. The fraction of sp³-hybridized carbons (Fsp3) is 0.370. The molecule has 1 saturated heterocycles. The summed E-state index contributed by atoms with van der Waals surface area (Å²) in [4.78, 5) is 18.3. The molecule has 2 aromatic carbocycles. The van der Waals surface area contributed by atoms with E-state index in [1.54, 1.807) is 11.0 Å². The van der Waals surface area contributed by atoms with Crippen LogP contribution in [0.3, 0.4) is 0 Å². The van der Waals surface area contributed by atoms with Crippen molar-refractivity contribution < 1.29 is 40.3 Å². The fourth-order valence-corrected chi connectivity index (χ4v) is 6.33. The number of carbonyl (C=O) groups is 1. The van der Waals surface area contributed by atoms with Gasteiger partial charge >= 0.3 is 6.18 Å². The molecule has 0 amide bonds. The standard InChI is InChI=1S/C26H27ClF5N5O2S.CH2O2/c1-36(2)25(9-6-17-4-5-20(27)19(12-17)26(30,31)32)8-3-11-37(15-25)18-13-21(28)24(22(29)14-18)40(38,39)35-23-7-10-33-16-34-23;2-1-3/h4-5,7,10,12-14,16H,3,6,8-9,11,15H2,1-2H3,(H,33,34,35);1H,(H,2,3)/t25-;/m0./s1. The SMILES string of the molecule is CN(C)[C@]1(CCc2ccc(Cl)c(C(F)(F)F)c2)CCCN(c2cc(F)c(S(=O)(=O)Nc3ccncn3)c(F)c2)C1.O=CO. The van der Waals surface area contributed by atoms with Crippen LogP contribution in [0, 0.1) is 11.6 Å². The van der Waals surface area contributed by atoms with Crippen LogP contribution in [0.1, 0.15) is 30.4 Å². The van der Waals surface area contributed by atoms with Crippen LogP contribution in [-0.4, -0.2) is 67.6 Å². The number of aryl methyl sites for hydroxylation is 1. The maximum atomic E-state index is 15.1. The monoisotopic (exact) mass is 649 g/mol. The van der Waals surface area contributed by atoms with E-state index in [1.165, 1.54) is 18.3 Å². The van der Waals surface area contributed by atoms with Crippen LogP contribution in [0.5, 0.6) is 0 Å². The van der Waals surface area contributed by atoms with E-state index in [9.17, 15) is 21.6 Å². The molecule has 0 bridgehead atoms. The Morgan fingerprint density at radius 2 is 1.81 bits per heavy atom. The Morgan fingerprint density at radius 1 is 1.16 bits per heavy atom. The molecule has 0 spiro atoms. The number of piperidine rings is 1. The number of alkyl halides is 3. The number of nitrogens with zero attached hydrogens (tertiary/aromatic N) is 4. The summed E-state index contributed by atoms with van der Waals surface area (Å²) < 4.78 is 97.7. The summed E-state index contributed by atoms with van der Waals surface area (Å²) in [5, 5.41) is 6.52. The lowest BCUT2D eigenvalue weighted by Crippen LogP contribution is -2.56. The molecule has 1 aliphatic heterocycles. The highest BCUT2D eigenvalue weighted by molar-refractivity contribution is 7.92. The van der Waals surface area contributed by atoms with Crippen molar-refractivity contribution in [1.82, 2.24) is 14.9 Å². The minimum Gasteiger partial charge on any atom is -0.483 e. The molecular formula is C27H29ClF5N5O4S. The largest absolute Gasteiger partial charge is 0.483 e. The van der Waals surface area contributed by atoms with Crippen LogP contribution in [0.25, 0.3) is 0 Å². The van der Waals surface area contributed by atoms with Crippen LogP contribution in [0.2, 0.25) is 5.02 Å². The van der Waals surface area contributed by atoms with E-state index in [0.29, 0.717) is 44.3 Å². The van der Waals surface area contributed by atoms with Gasteiger partial charge in [0.25, 0.3) is 16.5 Å². The van der Waals surface area contributed by atoms with Gasteiger partial charge in [0.05, 0.1) is 10.6 Å². The van der Waals surface area contributed by atoms with Gasteiger partial charge in [0.1, 0.15) is 23.8 Å². The Kier molecular flexibility index (Phi) is 10.9. The second kappa shape index (κ2) is 13.8. The number of likely N-dealkylation sites (N-methyl/N-ethyl adjacent to an activating group) is 1. The van der Waals surface area contributed by atoms with Crippen molar-refractivity contribution in [2.75, 3.05) is 36.8 Å². The molecular weight excluding hydrogens is 621 g/mol. The van der Waals surface area contributed by atoms with Gasteiger partial charge in [-0.1, -0.05) is 17.7 Å². The highest BCUT2D eigenvalue weighted by Gasteiger charge is 2.39. The lowest BCUT2D eigenvalue weighted by molar-refractivity contribution is -0.137. The first-order chi connectivity index (χ1) is 20.1. The molecule has 0 aliphatic carbocycles. The van der Waals surface area contributed by atoms with E-state index in [0.717, 1.165) is 24.5 Å².